The molecule has 0 aromatic heterocycles. The summed E-state index contributed by atoms with van der Waals surface area (Å²) in [6, 6.07) is 0. The standard InChI is InChI=1S/C15H24O/c1-9-5-6-15-8-11(9)14(3,4)13(15)12(16)7-10(15)2/h10-13,16H,1,5-8H2,2-4H3/t10-,11+,12+,13+,15+/m1/s1. The number of rotatable bonds is 0. The lowest BCUT2D eigenvalue weighted by Crippen LogP contribution is -2.35. The lowest BCUT2D eigenvalue weighted by atomic mass is 9.67. The van der Waals surface area contributed by atoms with E-state index in [4.69, 9.17) is 0 Å². The molecule has 3 fully saturated rings. The molecule has 0 aromatic carbocycles. The van der Waals surface area contributed by atoms with Gasteiger partial charge in [0.15, 0.2) is 0 Å². The molecule has 3 aliphatic rings. The van der Waals surface area contributed by atoms with Gasteiger partial charge in [0.2, 0.25) is 0 Å². The van der Waals surface area contributed by atoms with Crippen molar-refractivity contribution < 1.29 is 5.11 Å². The third-order valence-corrected chi connectivity index (χ3v) is 6.27. The van der Waals surface area contributed by atoms with Crippen molar-refractivity contribution in [2.75, 3.05) is 0 Å². The molecule has 0 saturated heterocycles. The minimum atomic E-state index is -0.0686. The number of hydrogen-bond donors (Lipinski definition) is 1. The van der Waals surface area contributed by atoms with Crippen LogP contribution >= 0.6 is 0 Å². The SMILES string of the molecule is C=C1CC[C@@]23C[C@@H]1C(C)(C)[C@@H]2[C@@H](O)C[C@H]3C. The average Bonchev–Trinajstić information content (AvgIpc) is 2.54. The topological polar surface area (TPSA) is 20.2 Å². The average molecular weight is 220 g/mol. The molecule has 0 amide bonds. The summed E-state index contributed by atoms with van der Waals surface area (Å²) < 4.78 is 0. The number of hydrogen-bond acceptors (Lipinski definition) is 1. The molecular weight excluding hydrogens is 196 g/mol. The Balaban J connectivity index is 2.11. The van der Waals surface area contributed by atoms with E-state index in [0.717, 1.165) is 6.42 Å². The van der Waals surface area contributed by atoms with Crippen molar-refractivity contribution >= 4 is 0 Å². The van der Waals surface area contributed by atoms with E-state index in [0.29, 0.717) is 23.2 Å². The number of aliphatic hydroxyl groups excluding tert-OH is 1. The van der Waals surface area contributed by atoms with Gasteiger partial charge in [-0.3, -0.25) is 0 Å². The second kappa shape index (κ2) is 2.93. The Bertz CT molecular complexity index is 343. The largest absolute Gasteiger partial charge is 0.393 e. The molecular formula is C15H24O. The fraction of sp³-hybridized carbons (Fsp3) is 0.867. The minimum absolute atomic E-state index is 0.0686. The zero-order valence-electron chi connectivity index (χ0n) is 10.8. The summed E-state index contributed by atoms with van der Waals surface area (Å²) in [6.07, 6.45) is 4.71. The predicted octanol–water partition coefficient (Wildman–Crippen LogP) is 3.39. The Morgan fingerprint density at radius 2 is 2.06 bits per heavy atom. The van der Waals surface area contributed by atoms with Gasteiger partial charge in [-0.25, -0.2) is 0 Å². The molecule has 3 rings (SSSR count). The quantitative estimate of drug-likeness (QED) is 0.620. The van der Waals surface area contributed by atoms with Crippen molar-refractivity contribution in [2.45, 2.75) is 52.6 Å². The van der Waals surface area contributed by atoms with Gasteiger partial charge in [0.1, 0.15) is 0 Å². The van der Waals surface area contributed by atoms with Gasteiger partial charge in [-0.2, -0.15) is 0 Å². The molecule has 1 spiro atoms. The molecule has 1 heteroatoms. The molecule has 0 aliphatic heterocycles. The Morgan fingerprint density at radius 3 is 2.75 bits per heavy atom. The Kier molecular flexibility index (Phi) is 1.98. The van der Waals surface area contributed by atoms with E-state index in [1.807, 2.05) is 0 Å². The summed E-state index contributed by atoms with van der Waals surface area (Å²) in [4.78, 5) is 0. The van der Waals surface area contributed by atoms with Crippen LogP contribution in [0.1, 0.15) is 46.5 Å². The molecule has 0 unspecified atom stereocenters. The fourth-order valence-electron chi connectivity index (χ4n) is 5.59. The summed E-state index contributed by atoms with van der Waals surface area (Å²) in [5.41, 5.74) is 2.15. The number of allylic oxidation sites excluding steroid dienone is 1. The maximum absolute atomic E-state index is 10.4. The van der Waals surface area contributed by atoms with Crippen molar-refractivity contribution in [2.24, 2.45) is 28.6 Å². The second-order valence-corrected chi connectivity index (χ2v) is 7.15. The first kappa shape index (κ1) is 10.8. The van der Waals surface area contributed by atoms with Crippen LogP contribution in [0, 0.1) is 28.6 Å². The highest BCUT2D eigenvalue weighted by Gasteiger charge is 2.66. The van der Waals surface area contributed by atoms with E-state index in [9.17, 15) is 5.11 Å². The molecule has 3 saturated carbocycles. The summed E-state index contributed by atoms with van der Waals surface area (Å²) in [5, 5.41) is 10.4. The van der Waals surface area contributed by atoms with Crippen molar-refractivity contribution in [1.29, 1.82) is 0 Å². The van der Waals surface area contributed by atoms with E-state index in [1.165, 1.54) is 24.8 Å². The van der Waals surface area contributed by atoms with Crippen LogP contribution in [0.5, 0.6) is 0 Å². The Morgan fingerprint density at radius 1 is 1.38 bits per heavy atom. The molecule has 1 nitrogen and oxygen atoms in total. The summed E-state index contributed by atoms with van der Waals surface area (Å²) >= 11 is 0. The first-order valence-electron chi connectivity index (χ1n) is 6.75. The zero-order chi connectivity index (χ0) is 11.7. The minimum Gasteiger partial charge on any atom is -0.393 e. The van der Waals surface area contributed by atoms with E-state index >= 15 is 0 Å². The smallest absolute Gasteiger partial charge is 0.0581 e. The maximum atomic E-state index is 10.4. The normalized spacial score (nSPS) is 54.1. The molecule has 90 valence electrons. The van der Waals surface area contributed by atoms with Crippen LogP contribution in [0.25, 0.3) is 0 Å². The monoisotopic (exact) mass is 220 g/mol. The number of fused-ring (bicyclic) bond motifs is 1. The summed E-state index contributed by atoms with van der Waals surface area (Å²) in [5.74, 6) is 1.87. The lowest BCUT2D eigenvalue weighted by molar-refractivity contribution is 0.0300. The van der Waals surface area contributed by atoms with Crippen LogP contribution in [-0.2, 0) is 0 Å². The van der Waals surface area contributed by atoms with Crippen molar-refractivity contribution in [3.05, 3.63) is 12.2 Å². The van der Waals surface area contributed by atoms with Crippen LogP contribution in [0.4, 0.5) is 0 Å². The van der Waals surface area contributed by atoms with Gasteiger partial charge in [0.25, 0.3) is 0 Å². The van der Waals surface area contributed by atoms with Gasteiger partial charge >= 0.3 is 0 Å². The van der Waals surface area contributed by atoms with Crippen molar-refractivity contribution in [1.82, 2.24) is 0 Å². The highest BCUT2D eigenvalue weighted by atomic mass is 16.3. The van der Waals surface area contributed by atoms with Crippen molar-refractivity contribution in [3.63, 3.8) is 0 Å². The molecule has 1 N–H and O–H groups in total. The van der Waals surface area contributed by atoms with Gasteiger partial charge in [-0.1, -0.05) is 32.9 Å². The lowest BCUT2D eigenvalue weighted by Gasteiger charge is -2.38. The molecule has 0 aromatic rings. The van der Waals surface area contributed by atoms with Gasteiger partial charge in [0, 0.05) is 0 Å². The molecule has 0 radical (unpaired) electrons. The maximum Gasteiger partial charge on any atom is 0.0581 e. The van der Waals surface area contributed by atoms with Crippen LogP contribution in [0.15, 0.2) is 12.2 Å². The molecule has 5 atom stereocenters. The zero-order valence-corrected chi connectivity index (χ0v) is 10.8. The molecule has 0 heterocycles. The molecule has 3 aliphatic carbocycles. The van der Waals surface area contributed by atoms with Crippen LogP contribution in [0.2, 0.25) is 0 Å². The van der Waals surface area contributed by atoms with E-state index in [1.54, 1.807) is 0 Å². The van der Waals surface area contributed by atoms with Gasteiger partial charge in [-0.05, 0) is 54.3 Å². The first-order valence-corrected chi connectivity index (χ1v) is 6.75. The van der Waals surface area contributed by atoms with Gasteiger partial charge in [-0.15, -0.1) is 0 Å². The van der Waals surface area contributed by atoms with E-state index in [2.05, 4.69) is 27.4 Å². The molecule has 16 heavy (non-hydrogen) atoms. The fourth-order valence-corrected chi connectivity index (χ4v) is 5.59. The summed E-state index contributed by atoms with van der Waals surface area (Å²) in [7, 11) is 0. The Hall–Kier alpha value is -0.300. The van der Waals surface area contributed by atoms with Crippen LogP contribution in [-0.4, -0.2) is 11.2 Å². The van der Waals surface area contributed by atoms with Crippen LogP contribution in [0.3, 0.4) is 0 Å². The van der Waals surface area contributed by atoms with Crippen LogP contribution < -0.4 is 0 Å². The second-order valence-electron chi connectivity index (χ2n) is 7.15. The van der Waals surface area contributed by atoms with Gasteiger partial charge in [0.05, 0.1) is 6.10 Å². The molecule has 2 bridgehead atoms. The highest BCUT2D eigenvalue weighted by Crippen LogP contribution is 2.72. The summed E-state index contributed by atoms with van der Waals surface area (Å²) in [6.45, 7) is 11.4. The first-order chi connectivity index (χ1) is 7.39. The number of aliphatic hydroxyl groups is 1. The predicted molar refractivity (Wildman–Crippen MR) is 66.0 cm³/mol. The van der Waals surface area contributed by atoms with Crippen molar-refractivity contribution in [3.8, 4) is 0 Å². The van der Waals surface area contributed by atoms with E-state index in [-0.39, 0.29) is 11.5 Å². The third kappa shape index (κ3) is 1.01. The third-order valence-electron chi connectivity index (χ3n) is 6.27. The highest BCUT2D eigenvalue weighted by molar-refractivity contribution is 5.24. The van der Waals surface area contributed by atoms with E-state index < -0.39 is 0 Å². The van der Waals surface area contributed by atoms with Gasteiger partial charge < -0.3 is 5.11 Å². The Labute approximate surface area is 98.9 Å².